The molecular weight excluding hydrogens is 332 g/mol. The number of para-hydroxylation sites is 1. The Hall–Kier alpha value is -2.38. The van der Waals surface area contributed by atoms with E-state index in [2.05, 4.69) is 15.6 Å². The predicted molar refractivity (Wildman–Crippen MR) is 95.7 cm³/mol. The lowest BCUT2D eigenvalue weighted by Gasteiger charge is -2.17. The summed E-state index contributed by atoms with van der Waals surface area (Å²) in [6.45, 7) is 1.06. The van der Waals surface area contributed by atoms with Crippen molar-refractivity contribution in [3.8, 4) is 0 Å². The van der Waals surface area contributed by atoms with Gasteiger partial charge in [-0.2, -0.15) is 0 Å². The monoisotopic (exact) mass is 352 g/mol. The van der Waals surface area contributed by atoms with Crippen LogP contribution in [0, 0.1) is 0 Å². The molecule has 1 heterocycles. The Morgan fingerprint density at radius 1 is 1.25 bits per heavy atom. The van der Waals surface area contributed by atoms with Crippen molar-refractivity contribution < 1.29 is 9.59 Å². The summed E-state index contributed by atoms with van der Waals surface area (Å²) in [5.41, 5.74) is 0.305. The summed E-state index contributed by atoms with van der Waals surface area (Å²) in [4.78, 5) is 40.8. The molecule has 0 aliphatic heterocycles. The lowest BCUT2D eigenvalue weighted by molar-refractivity contribution is -0.128. The number of nitrogens with zero attached hydrogens (tertiary/aromatic N) is 1. The van der Waals surface area contributed by atoms with E-state index < -0.39 is 5.91 Å². The highest BCUT2D eigenvalue weighted by atomic mass is 35.5. The Bertz CT molecular complexity index is 775. The SMILES string of the molecule is CNCCN(C)C(=O)CNC(=O)c1c[nH]c2ccccc2c1=O.Cl. The van der Waals surface area contributed by atoms with Crippen LogP contribution in [0.4, 0.5) is 0 Å². The maximum absolute atomic E-state index is 12.3. The minimum Gasteiger partial charge on any atom is -0.360 e. The second kappa shape index (κ2) is 9.05. The van der Waals surface area contributed by atoms with Crippen molar-refractivity contribution in [2.24, 2.45) is 0 Å². The van der Waals surface area contributed by atoms with E-state index in [1.165, 1.54) is 11.1 Å². The van der Waals surface area contributed by atoms with Crippen LogP contribution in [-0.4, -0.2) is 55.4 Å². The molecule has 0 radical (unpaired) electrons. The second-order valence-corrected chi connectivity index (χ2v) is 5.18. The van der Waals surface area contributed by atoms with Gasteiger partial charge in [-0.05, 0) is 19.2 Å². The van der Waals surface area contributed by atoms with Gasteiger partial charge in [-0.3, -0.25) is 14.4 Å². The lowest BCUT2D eigenvalue weighted by atomic mass is 10.1. The maximum Gasteiger partial charge on any atom is 0.257 e. The van der Waals surface area contributed by atoms with Crippen molar-refractivity contribution in [1.29, 1.82) is 0 Å². The van der Waals surface area contributed by atoms with Crippen LogP contribution in [0.1, 0.15) is 10.4 Å². The van der Waals surface area contributed by atoms with Crippen LogP contribution in [-0.2, 0) is 4.79 Å². The van der Waals surface area contributed by atoms with Gasteiger partial charge in [0.05, 0.1) is 6.54 Å². The third-order valence-corrected chi connectivity index (χ3v) is 3.56. The molecule has 0 aliphatic rings. The highest BCUT2D eigenvalue weighted by Gasteiger charge is 2.15. The van der Waals surface area contributed by atoms with E-state index in [0.717, 1.165) is 0 Å². The molecule has 7 nitrogen and oxygen atoms in total. The third kappa shape index (κ3) is 4.56. The zero-order valence-electron chi connectivity index (χ0n) is 13.6. The molecule has 0 spiro atoms. The summed E-state index contributed by atoms with van der Waals surface area (Å²) in [5, 5.41) is 5.88. The fourth-order valence-corrected chi connectivity index (χ4v) is 2.13. The quantitative estimate of drug-likeness (QED) is 0.699. The molecule has 0 unspecified atom stereocenters. The summed E-state index contributed by atoms with van der Waals surface area (Å²) >= 11 is 0. The van der Waals surface area contributed by atoms with Gasteiger partial charge in [0.25, 0.3) is 5.91 Å². The summed E-state index contributed by atoms with van der Waals surface area (Å²) in [6.07, 6.45) is 1.37. The maximum atomic E-state index is 12.3. The lowest BCUT2D eigenvalue weighted by Crippen LogP contribution is -2.41. The minimum atomic E-state index is -0.563. The molecule has 2 rings (SSSR count). The molecule has 1 aromatic carbocycles. The van der Waals surface area contributed by atoms with Gasteiger partial charge in [0.1, 0.15) is 5.56 Å². The molecule has 1 aromatic heterocycles. The van der Waals surface area contributed by atoms with Gasteiger partial charge >= 0.3 is 0 Å². The zero-order valence-corrected chi connectivity index (χ0v) is 14.4. The standard InChI is InChI=1S/C16H20N4O3.ClH/c1-17-7-8-20(2)14(21)10-19-16(23)12-9-18-13-6-4-3-5-11(13)15(12)22;/h3-6,9,17H,7-8,10H2,1-2H3,(H,18,22)(H,19,23);1H. The summed E-state index contributed by atoms with van der Waals surface area (Å²) in [6, 6.07) is 6.96. The minimum absolute atomic E-state index is 0. The number of carbonyl (C=O) groups excluding carboxylic acids is 2. The van der Waals surface area contributed by atoms with E-state index in [0.29, 0.717) is 24.0 Å². The number of benzene rings is 1. The molecule has 0 fully saturated rings. The third-order valence-electron chi connectivity index (χ3n) is 3.56. The molecule has 0 atom stereocenters. The van der Waals surface area contributed by atoms with Crippen LogP contribution in [0.3, 0.4) is 0 Å². The molecule has 8 heteroatoms. The summed E-state index contributed by atoms with van der Waals surface area (Å²) < 4.78 is 0. The molecule has 130 valence electrons. The molecule has 24 heavy (non-hydrogen) atoms. The Labute approximate surface area is 145 Å². The van der Waals surface area contributed by atoms with E-state index in [-0.39, 0.29) is 35.9 Å². The number of halogens is 1. The Balaban J connectivity index is 0.00000288. The number of likely N-dealkylation sites (N-methyl/N-ethyl adjacent to an activating group) is 2. The van der Waals surface area contributed by atoms with Crippen LogP contribution < -0.4 is 16.1 Å². The van der Waals surface area contributed by atoms with Crippen molar-refractivity contribution in [1.82, 2.24) is 20.5 Å². The molecule has 0 bridgehead atoms. The van der Waals surface area contributed by atoms with Gasteiger partial charge < -0.3 is 20.5 Å². The number of aromatic amines is 1. The number of pyridine rings is 1. The van der Waals surface area contributed by atoms with E-state index in [1.807, 2.05) is 0 Å². The summed E-state index contributed by atoms with van der Waals surface area (Å²) in [7, 11) is 3.46. The molecule has 2 amide bonds. The van der Waals surface area contributed by atoms with Crippen molar-refractivity contribution in [2.75, 3.05) is 33.7 Å². The number of fused-ring (bicyclic) bond motifs is 1. The molecule has 0 saturated carbocycles. The number of H-pyrrole nitrogens is 1. The first-order valence-corrected chi connectivity index (χ1v) is 7.31. The fourth-order valence-electron chi connectivity index (χ4n) is 2.13. The Morgan fingerprint density at radius 2 is 1.96 bits per heavy atom. The van der Waals surface area contributed by atoms with Crippen LogP contribution in [0.2, 0.25) is 0 Å². The van der Waals surface area contributed by atoms with E-state index in [4.69, 9.17) is 0 Å². The molecule has 2 aromatic rings. The number of amides is 2. The number of aromatic nitrogens is 1. The van der Waals surface area contributed by atoms with Crippen molar-refractivity contribution >= 4 is 35.1 Å². The van der Waals surface area contributed by atoms with E-state index in [1.54, 1.807) is 38.4 Å². The highest BCUT2D eigenvalue weighted by molar-refractivity contribution is 5.98. The van der Waals surface area contributed by atoms with Gasteiger partial charge in [-0.15, -0.1) is 12.4 Å². The second-order valence-electron chi connectivity index (χ2n) is 5.18. The van der Waals surface area contributed by atoms with Gasteiger partial charge in [0.2, 0.25) is 11.3 Å². The topological polar surface area (TPSA) is 94.3 Å². The van der Waals surface area contributed by atoms with Gasteiger partial charge in [0, 0.05) is 37.2 Å². The van der Waals surface area contributed by atoms with Gasteiger partial charge in [-0.1, -0.05) is 12.1 Å². The molecular formula is C16H21ClN4O3. The molecule has 0 saturated heterocycles. The van der Waals surface area contributed by atoms with Gasteiger partial charge in [0.15, 0.2) is 0 Å². The van der Waals surface area contributed by atoms with E-state index >= 15 is 0 Å². The predicted octanol–water partition coefficient (Wildman–Crippen LogP) is 0.358. The first kappa shape index (κ1) is 19.7. The Morgan fingerprint density at radius 3 is 2.67 bits per heavy atom. The average Bonchev–Trinajstić information content (AvgIpc) is 2.57. The Kier molecular flexibility index (Phi) is 7.41. The molecule has 3 N–H and O–H groups in total. The number of carbonyl (C=O) groups is 2. The van der Waals surface area contributed by atoms with Crippen molar-refractivity contribution in [2.45, 2.75) is 0 Å². The first-order chi connectivity index (χ1) is 11.0. The number of hydrogen-bond acceptors (Lipinski definition) is 4. The molecule has 0 aliphatic carbocycles. The van der Waals surface area contributed by atoms with Crippen LogP contribution in [0.15, 0.2) is 35.3 Å². The smallest absolute Gasteiger partial charge is 0.257 e. The van der Waals surface area contributed by atoms with Crippen molar-refractivity contribution in [3.63, 3.8) is 0 Å². The average molecular weight is 353 g/mol. The van der Waals surface area contributed by atoms with Crippen LogP contribution in [0.25, 0.3) is 10.9 Å². The van der Waals surface area contributed by atoms with E-state index in [9.17, 15) is 14.4 Å². The van der Waals surface area contributed by atoms with Crippen LogP contribution in [0.5, 0.6) is 0 Å². The summed E-state index contributed by atoms with van der Waals surface area (Å²) in [5.74, 6) is -0.779. The first-order valence-electron chi connectivity index (χ1n) is 7.31. The highest BCUT2D eigenvalue weighted by Crippen LogP contribution is 2.06. The fraction of sp³-hybridized carbons (Fsp3) is 0.312. The van der Waals surface area contributed by atoms with Crippen molar-refractivity contribution in [3.05, 3.63) is 46.2 Å². The van der Waals surface area contributed by atoms with Crippen LogP contribution >= 0.6 is 12.4 Å². The number of rotatable bonds is 6. The zero-order chi connectivity index (χ0) is 16.8. The largest absolute Gasteiger partial charge is 0.360 e. The number of hydrogen-bond donors (Lipinski definition) is 3. The normalized spacial score (nSPS) is 10.1. The van der Waals surface area contributed by atoms with Gasteiger partial charge in [-0.25, -0.2) is 0 Å². The number of nitrogens with one attached hydrogen (secondary N) is 3.